The van der Waals surface area contributed by atoms with Crippen molar-refractivity contribution in [2.45, 2.75) is 12.7 Å². The molecule has 0 aliphatic heterocycles. The normalized spacial score (nSPS) is 11.4. The van der Waals surface area contributed by atoms with Crippen LogP contribution in [0.1, 0.15) is 5.56 Å². The molecule has 0 saturated heterocycles. The fourth-order valence-corrected chi connectivity index (χ4v) is 1.70. The first-order valence-corrected chi connectivity index (χ1v) is 5.89. The first-order valence-electron chi connectivity index (χ1n) is 5.89. The van der Waals surface area contributed by atoms with Crippen molar-refractivity contribution in [1.29, 1.82) is 5.41 Å². The molecule has 0 spiro atoms. The van der Waals surface area contributed by atoms with Gasteiger partial charge in [0.05, 0.1) is 5.52 Å². The third kappa shape index (κ3) is 3.39. The molecular formula is C12H8F3N3O5. The number of carbonyl (C=O) groups is 2. The molecule has 0 radical (unpaired) electrons. The zero-order valence-corrected chi connectivity index (χ0v) is 11.1. The van der Waals surface area contributed by atoms with Crippen LogP contribution in [-0.4, -0.2) is 28.5 Å². The van der Waals surface area contributed by atoms with E-state index in [-0.39, 0.29) is 22.5 Å². The molecule has 0 aliphatic carbocycles. The van der Waals surface area contributed by atoms with Gasteiger partial charge in [0.1, 0.15) is 12.4 Å². The molecule has 23 heavy (non-hydrogen) atoms. The Kier molecular flexibility index (Phi) is 3.95. The summed E-state index contributed by atoms with van der Waals surface area (Å²) in [5, 5.41) is 7.29. The van der Waals surface area contributed by atoms with E-state index in [0.29, 0.717) is 4.57 Å². The van der Waals surface area contributed by atoms with Gasteiger partial charge in [-0.1, -0.05) is 0 Å². The molecule has 1 aromatic carbocycles. The Labute approximate surface area is 124 Å². The molecule has 1 aromatic heterocycles. The summed E-state index contributed by atoms with van der Waals surface area (Å²) >= 11 is 0. The SMILES string of the molecule is N=C(N)c1ccc2oc(=O)n(CC(=O)OC(=O)C(F)(F)F)c2c1. The molecule has 0 amide bonds. The van der Waals surface area contributed by atoms with E-state index in [2.05, 4.69) is 4.74 Å². The lowest BCUT2D eigenvalue weighted by Crippen LogP contribution is -2.31. The average Bonchev–Trinajstić information content (AvgIpc) is 2.73. The molecule has 1 heterocycles. The minimum absolute atomic E-state index is 0.0131. The van der Waals surface area contributed by atoms with Crippen molar-refractivity contribution >= 4 is 28.9 Å². The summed E-state index contributed by atoms with van der Waals surface area (Å²) in [6.45, 7) is -0.977. The average molecular weight is 331 g/mol. The van der Waals surface area contributed by atoms with Crippen molar-refractivity contribution in [1.82, 2.24) is 4.57 Å². The predicted molar refractivity (Wildman–Crippen MR) is 68.6 cm³/mol. The number of hydrogen-bond acceptors (Lipinski definition) is 6. The lowest BCUT2D eigenvalue weighted by atomic mass is 10.2. The minimum atomic E-state index is -5.33. The summed E-state index contributed by atoms with van der Waals surface area (Å²) in [5.74, 6) is -5.66. The van der Waals surface area contributed by atoms with Gasteiger partial charge in [0.2, 0.25) is 0 Å². The molecule has 0 saturated carbocycles. The zero-order valence-electron chi connectivity index (χ0n) is 11.1. The van der Waals surface area contributed by atoms with E-state index in [1.807, 2.05) is 0 Å². The Morgan fingerprint density at radius 2 is 2.00 bits per heavy atom. The van der Waals surface area contributed by atoms with Crippen LogP contribution in [0.15, 0.2) is 27.4 Å². The number of fused-ring (bicyclic) bond motifs is 1. The van der Waals surface area contributed by atoms with E-state index < -0.39 is 30.4 Å². The highest BCUT2D eigenvalue weighted by molar-refractivity contribution is 5.98. The number of benzene rings is 1. The largest absolute Gasteiger partial charge is 0.491 e. The maximum absolute atomic E-state index is 12.0. The van der Waals surface area contributed by atoms with Crippen molar-refractivity contribution in [2.75, 3.05) is 0 Å². The van der Waals surface area contributed by atoms with Crippen molar-refractivity contribution in [3.05, 3.63) is 34.3 Å². The van der Waals surface area contributed by atoms with Gasteiger partial charge in [-0.2, -0.15) is 13.2 Å². The quantitative estimate of drug-likeness (QED) is 0.365. The fraction of sp³-hybridized carbons (Fsp3) is 0.167. The Morgan fingerprint density at radius 1 is 1.35 bits per heavy atom. The van der Waals surface area contributed by atoms with Crippen LogP contribution in [0.2, 0.25) is 0 Å². The highest BCUT2D eigenvalue weighted by Gasteiger charge is 2.42. The van der Waals surface area contributed by atoms with E-state index in [4.69, 9.17) is 15.6 Å². The molecule has 0 aliphatic rings. The molecule has 2 aromatic rings. The third-order valence-electron chi connectivity index (χ3n) is 2.70. The Hall–Kier alpha value is -3.11. The summed E-state index contributed by atoms with van der Waals surface area (Å²) < 4.78 is 45.1. The number of nitrogens with two attached hydrogens (primary N) is 1. The molecular weight excluding hydrogens is 323 g/mol. The predicted octanol–water partition coefficient (Wildman–Crippen LogP) is 0.511. The van der Waals surface area contributed by atoms with Gasteiger partial charge < -0.3 is 14.9 Å². The van der Waals surface area contributed by atoms with Crippen LogP contribution in [0.4, 0.5) is 13.2 Å². The monoisotopic (exact) mass is 331 g/mol. The van der Waals surface area contributed by atoms with E-state index >= 15 is 0 Å². The molecule has 0 fully saturated rings. The smallest absolute Gasteiger partial charge is 0.408 e. The molecule has 122 valence electrons. The van der Waals surface area contributed by atoms with Gasteiger partial charge >= 0.3 is 23.9 Å². The second-order valence-corrected chi connectivity index (χ2v) is 4.31. The number of amidine groups is 1. The van der Waals surface area contributed by atoms with Gasteiger partial charge in [-0.25, -0.2) is 14.4 Å². The first-order chi connectivity index (χ1) is 10.6. The van der Waals surface area contributed by atoms with Gasteiger partial charge in [0.25, 0.3) is 0 Å². The number of oxazole rings is 1. The lowest BCUT2D eigenvalue weighted by Gasteiger charge is -2.06. The highest BCUT2D eigenvalue weighted by atomic mass is 19.4. The van der Waals surface area contributed by atoms with Gasteiger partial charge in [-0.15, -0.1) is 0 Å². The number of carbonyl (C=O) groups excluding carboxylic acids is 2. The van der Waals surface area contributed by atoms with E-state index in [9.17, 15) is 27.6 Å². The Balaban J connectivity index is 2.32. The molecule has 11 heteroatoms. The minimum Gasteiger partial charge on any atom is -0.408 e. The van der Waals surface area contributed by atoms with E-state index in [0.717, 1.165) is 0 Å². The van der Waals surface area contributed by atoms with E-state index in [1.54, 1.807) is 0 Å². The summed E-state index contributed by atoms with van der Waals surface area (Å²) in [4.78, 5) is 33.6. The number of halogens is 3. The second kappa shape index (κ2) is 5.59. The molecule has 0 atom stereocenters. The van der Waals surface area contributed by atoms with Gasteiger partial charge in [0, 0.05) is 5.56 Å². The first kappa shape index (κ1) is 16.3. The number of hydrogen-bond donors (Lipinski definition) is 2. The van der Waals surface area contributed by atoms with Crippen LogP contribution in [0.25, 0.3) is 11.1 Å². The summed E-state index contributed by atoms with van der Waals surface area (Å²) in [7, 11) is 0. The number of nitrogens with zero attached hydrogens (tertiary/aromatic N) is 1. The second-order valence-electron chi connectivity index (χ2n) is 4.31. The van der Waals surface area contributed by atoms with Crippen molar-refractivity contribution < 1.29 is 31.9 Å². The maximum Gasteiger partial charge on any atom is 0.491 e. The number of ether oxygens (including phenoxy) is 1. The molecule has 0 unspecified atom stereocenters. The maximum atomic E-state index is 12.0. The zero-order chi connectivity index (χ0) is 17.4. The van der Waals surface area contributed by atoms with Crippen LogP contribution in [-0.2, 0) is 20.9 Å². The van der Waals surface area contributed by atoms with E-state index in [1.165, 1.54) is 18.2 Å². The van der Waals surface area contributed by atoms with Gasteiger partial charge in [-0.05, 0) is 18.2 Å². The van der Waals surface area contributed by atoms with Gasteiger partial charge in [0.15, 0.2) is 5.58 Å². The van der Waals surface area contributed by atoms with Crippen molar-refractivity contribution in [2.24, 2.45) is 5.73 Å². The summed E-state index contributed by atoms with van der Waals surface area (Å²) in [5.41, 5.74) is 5.52. The standard InChI is InChI=1S/C12H8F3N3O5/c13-12(14,15)10(20)23-8(19)4-18-6-3-5(9(16)17)1-2-7(6)22-11(18)21/h1-3H,4H2,(H3,16,17). The number of nitrogen functional groups attached to an aromatic ring is 1. The lowest BCUT2D eigenvalue weighted by molar-refractivity contribution is -0.202. The molecule has 8 nitrogen and oxygen atoms in total. The van der Waals surface area contributed by atoms with Crippen LogP contribution in [0, 0.1) is 5.41 Å². The van der Waals surface area contributed by atoms with Crippen LogP contribution >= 0.6 is 0 Å². The summed E-state index contributed by atoms with van der Waals surface area (Å²) in [6, 6.07) is 3.92. The molecule has 2 rings (SSSR count). The topological polar surface area (TPSA) is 128 Å². The Bertz CT molecular complexity index is 865. The number of nitrogens with one attached hydrogen (secondary N) is 1. The number of alkyl halides is 3. The van der Waals surface area contributed by atoms with Gasteiger partial charge in [-0.3, -0.25) is 9.98 Å². The Morgan fingerprint density at radius 3 is 2.57 bits per heavy atom. The highest BCUT2D eigenvalue weighted by Crippen LogP contribution is 2.18. The fourth-order valence-electron chi connectivity index (χ4n) is 1.70. The molecule has 0 bridgehead atoms. The number of rotatable bonds is 3. The summed E-state index contributed by atoms with van der Waals surface area (Å²) in [6.07, 6.45) is -5.33. The number of aromatic nitrogens is 1. The third-order valence-corrected chi connectivity index (χ3v) is 2.70. The number of esters is 2. The van der Waals surface area contributed by atoms with Crippen LogP contribution < -0.4 is 11.5 Å². The van der Waals surface area contributed by atoms with Crippen molar-refractivity contribution in [3.63, 3.8) is 0 Å². The van der Waals surface area contributed by atoms with Crippen molar-refractivity contribution in [3.8, 4) is 0 Å². The van der Waals surface area contributed by atoms with Crippen LogP contribution in [0.5, 0.6) is 0 Å². The van der Waals surface area contributed by atoms with Crippen LogP contribution in [0.3, 0.4) is 0 Å². The molecule has 3 N–H and O–H groups in total.